The second-order valence-corrected chi connectivity index (χ2v) is 9.01. The first-order valence-electron chi connectivity index (χ1n) is 6.39. The van der Waals surface area contributed by atoms with E-state index in [1.165, 1.54) is 22.3 Å². The van der Waals surface area contributed by atoms with Gasteiger partial charge in [0.1, 0.15) is 0 Å². The van der Waals surface area contributed by atoms with E-state index in [2.05, 4.69) is 50.2 Å². The molecular weight excluding hydrogens is 444 g/mol. The van der Waals surface area contributed by atoms with E-state index in [-0.39, 0.29) is 21.2 Å². The Labute approximate surface area is 142 Å². The van der Waals surface area contributed by atoms with E-state index in [4.69, 9.17) is 13.0 Å². The van der Waals surface area contributed by atoms with Crippen molar-refractivity contribution in [2.45, 2.75) is 19.4 Å². The smallest absolute Gasteiger partial charge is 0.485 e. The van der Waals surface area contributed by atoms with Gasteiger partial charge < -0.3 is 4.55 Å². The lowest BCUT2D eigenvalue weighted by molar-refractivity contribution is -0.590. The highest BCUT2D eigenvalue weighted by Crippen LogP contribution is 2.27. The fraction of sp³-hybridized carbons (Fsp3) is 0.200. The van der Waals surface area contributed by atoms with Gasteiger partial charge in [0.2, 0.25) is 7.14 Å². The van der Waals surface area contributed by atoms with Gasteiger partial charge in [-0.25, -0.2) is 8.42 Å². The zero-order valence-corrected chi connectivity index (χ0v) is 15.1. The monoisotopic (exact) mass is 456 g/mol. The van der Waals surface area contributed by atoms with Crippen LogP contribution in [0.4, 0.5) is 13.2 Å². The van der Waals surface area contributed by atoms with Gasteiger partial charge in [0.15, 0.2) is 10.1 Å². The summed E-state index contributed by atoms with van der Waals surface area (Å²) in [6.07, 6.45) is 0. The molecule has 0 saturated carbocycles. The van der Waals surface area contributed by atoms with E-state index in [1.807, 2.05) is 0 Å². The van der Waals surface area contributed by atoms with Crippen molar-refractivity contribution in [1.29, 1.82) is 0 Å². The molecule has 1 aliphatic rings. The largest absolute Gasteiger partial charge is 0.741 e. The molecule has 0 radical (unpaired) electrons. The zero-order chi connectivity index (χ0) is 17.4. The van der Waals surface area contributed by atoms with Crippen LogP contribution in [0, 0.1) is 21.0 Å². The van der Waals surface area contributed by atoms with Gasteiger partial charge in [-0.1, -0.05) is 24.3 Å². The molecule has 1 heterocycles. The minimum atomic E-state index is -6.09. The third-order valence-electron chi connectivity index (χ3n) is 3.17. The molecule has 124 valence electrons. The van der Waals surface area contributed by atoms with Crippen molar-refractivity contribution in [3.8, 4) is 11.1 Å². The van der Waals surface area contributed by atoms with Crippen LogP contribution in [0.15, 0.2) is 36.4 Å². The second kappa shape index (κ2) is 6.40. The summed E-state index contributed by atoms with van der Waals surface area (Å²) >= 11 is 0.0643. The normalized spacial score (nSPS) is 13.0. The van der Waals surface area contributed by atoms with Crippen LogP contribution in [-0.4, -0.2) is 18.5 Å². The van der Waals surface area contributed by atoms with E-state index in [0.717, 1.165) is 0 Å². The van der Waals surface area contributed by atoms with Gasteiger partial charge in [-0.2, -0.15) is 13.2 Å². The summed E-state index contributed by atoms with van der Waals surface area (Å²) in [6, 6.07) is 13.4. The molecule has 1 aliphatic heterocycles. The lowest BCUT2D eigenvalue weighted by Gasteiger charge is -2.08. The van der Waals surface area contributed by atoms with Crippen molar-refractivity contribution in [1.82, 2.24) is 0 Å². The van der Waals surface area contributed by atoms with Crippen LogP contribution in [0.25, 0.3) is 11.1 Å². The standard InChI is InChI=1S/C14H12I.CHF3O3S/c1-9-7-8-10(2)14-13(9)11-5-3-4-6-12(11)15-14;2-1(3,4)8(5,6)7/h3-8H,1-2H3;(H,5,6,7)/q+1;/p-1. The van der Waals surface area contributed by atoms with Crippen molar-refractivity contribution < 1.29 is 47.3 Å². The maximum atomic E-state index is 10.7. The van der Waals surface area contributed by atoms with E-state index in [0.29, 0.717) is 0 Å². The van der Waals surface area contributed by atoms with Crippen molar-refractivity contribution >= 4 is 10.1 Å². The third-order valence-corrected chi connectivity index (χ3v) is 7.18. The average molecular weight is 456 g/mol. The first-order chi connectivity index (χ1) is 10.5. The Morgan fingerprint density at radius 1 is 1.00 bits per heavy atom. The number of fused-ring (bicyclic) bond motifs is 3. The second-order valence-electron chi connectivity index (χ2n) is 4.86. The van der Waals surface area contributed by atoms with Gasteiger partial charge in [-0.05, 0) is 31.5 Å². The molecule has 2 aromatic carbocycles. The van der Waals surface area contributed by atoms with Gasteiger partial charge in [0.25, 0.3) is 0 Å². The quantitative estimate of drug-likeness (QED) is 0.281. The molecule has 0 unspecified atom stereocenters. The van der Waals surface area contributed by atoms with E-state index in [9.17, 15) is 13.2 Å². The number of alkyl halides is 3. The minimum Gasteiger partial charge on any atom is -0.741 e. The van der Waals surface area contributed by atoms with Gasteiger partial charge in [0, 0.05) is 16.7 Å². The molecule has 0 saturated heterocycles. The topological polar surface area (TPSA) is 57.2 Å². The summed E-state index contributed by atoms with van der Waals surface area (Å²) in [7, 11) is -6.09. The molecule has 0 aromatic heterocycles. The average Bonchev–Trinajstić information content (AvgIpc) is 2.82. The number of benzene rings is 2. The maximum Gasteiger partial charge on any atom is 0.485 e. The Bertz CT molecular complexity index is 846. The first-order valence-corrected chi connectivity index (χ1v) is 9.95. The minimum absolute atomic E-state index is 0.0643. The number of aryl methyl sites for hydroxylation is 2. The third kappa shape index (κ3) is 3.86. The molecule has 23 heavy (non-hydrogen) atoms. The summed E-state index contributed by atoms with van der Waals surface area (Å²) in [5.74, 6) is 0. The van der Waals surface area contributed by atoms with Gasteiger partial charge in [-0.15, -0.1) is 0 Å². The van der Waals surface area contributed by atoms with Gasteiger partial charge in [-0.3, -0.25) is 0 Å². The molecule has 2 aromatic rings. The summed E-state index contributed by atoms with van der Waals surface area (Å²) < 4.78 is 62.1. The Morgan fingerprint density at radius 3 is 2.09 bits per heavy atom. The predicted octanol–water partition coefficient (Wildman–Crippen LogP) is 0.464. The summed E-state index contributed by atoms with van der Waals surface area (Å²) in [4.78, 5) is 0. The lowest BCUT2D eigenvalue weighted by Crippen LogP contribution is -3.61. The molecule has 0 aliphatic carbocycles. The lowest BCUT2D eigenvalue weighted by atomic mass is 9.99. The molecule has 0 fully saturated rings. The van der Waals surface area contributed by atoms with Crippen LogP contribution in [0.2, 0.25) is 0 Å². The molecule has 3 nitrogen and oxygen atoms in total. The van der Waals surface area contributed by atoms with Crippen LogP contribution in [0.3, 0.4) is 0 Å². The molecule has 0 bridgehead atoms. The SMILES string of the molecule is Cc1ccc(C)c2c1[I+]c1ccccc1-2.O=S(=O)([O-])C(F)(F)F. The summed E-state index contributed by atoms with van der Waals surface area (Å²) in [5.41, 5.74) is 0.271. The summed E-state index contributed by atoms with van der Waals surface area (Å²) in [6.45, 7) is 4.47. The molecule has 0 amide bonds. The highest BCUT2D eigenvalue weighted by atomic mass is 127. The molecule has 3 rings (SSSR count). The van der Waals surface area contributed by atoms with Gasteiger partial charge >= 0.3 is 26.7 Å². The Balaban J connectivity index is 0.000000207. The fourth-order valence-corrected chi connectivity index (χ4v) is 5.38. The van der Waals surface area contributed by atoms with E-state index < -0.39 is 15.6 Å². The van der Waals surface area contributed by atoms with Crippen LogP contribution in [-0.2, 0) is 10.1 Å². The van der Waals surface area contributed by atoms with Crippen molar-refractivity contribution in [2.75, 3.05) is 0 Å². The van der Waals surface area contributed by atoms with E-state index >= 15 is 0 Å². The highest BCUT2D eigenvalue weighted by Gasteiger charge is 2.37. The molecule has 8 heteroatoms. The molecule has 0 spiro atoms. The molecular formula is C15H12F3IO3S. The predicted molar refractivity (Wildman–Crippen MR) is 74.5 cm³/mol. The van der Waals surface area contributed by atoms with Crippen molar-refractivity contribution in [3.05, 3.63) is 54.7 Å². The first kappa shape index (κ1) is 18.2. The van der Waals surface area contributed by atoms with Crippen LogP contribution >= 0.6 is 0 Å². The molecule has 0 N–H and O–H groups in total. The van der Waals surface area contributed by atoms with Crippen LogP contribution in [0.5, 0.6) is 0 Å². The van der Waals surface area contributed by atoms with Crippen molar-refractivity contribution in [3.63, 3.8) is 0 Å². The van der Waals surface area contributed by atoms with Crippen LogP contribution < -0.4 is 21.2 Å². The number of hydrogen-bond donors (Lipinski definition) is 0. The number of hydrogen-bond acceptors (Lipinski definition) is 3. The van der Waals surface area contributed by atoms with E-state index in [1.54, 1.807) is 7.14 Å². The number of rotatable bonds is 0. The maximum absolute atomic E-state index is 10.7. The molecule has 0 atom stereocenters. The Morgan fingerprint density at radius 2 is 1.52 bits per heavy atom. The fourth-order valence-electron chi connectivity index (χ4n) is 2.08. The number of halogens is 4. The van der Waals surface area contributed by atoms with Gasteiger partial charge in [0.05, 0.1) is 0 Å². The Hall–Kier alpha value is -1.13. The van der Waals surface area contributed by atoms with Crippen molar-refractivity contribution in [2.24, 2.45) is 0 Å². The van der Waals surface area contributed by atoms with Crippen LogP contribution in [0.1, 0.15) is 11.1 Å². The highest BCUT2D eigenvalue weighted by molar-refractivity contribution is 7.86. The summed E-state index contributed by atoms with van der Waals surface area (Å²) in [5, 5.41) is 0. The Kier molecular flexibility index (Phi) is 5.07. The zero-order valence-electron chi connectivity index (χ0n) is 12.1.